The van der Waals surface area contributed by atoms with E-state index < -0.39 is 0 Å². The van der Waals surface area contributed by atoms with Gasteiger partial charge in [-0.25, -0.2) is 0 Å². The Morgan fingerprint density at radius 1 is 1.59 bits per heavy atom. The lowest BCUT2D eigenvalue weighted by Crippen LogP contribution is -2.38. The number of hydrogen-bond acceptors (Lipinski definition) is 3. The predicted octanol–water partition coefficient (Wildman–Crippen LogP) is 0.173. The lowest BCUT2D eigenvalue weighted by atomic mass is 10.2. The zero-order valence-electron chi connectivity index (χ0n) is 10.5. The summed E-state index contributed by atoms with van der Waals surface area (Å²) in [6.07, 6.45) is 5.68. The van der Waals surface area contributed by atoms with E-state index in [0.29, 0.717) is 0 Å². The number of likely N-dealkylation sites (N-methyl/N-ethyl adjacent to an activating group) is 1. The van der Waals surface area contributed by atoms with Crippen LogP contribution in [0.5, 0.6) is 0 Å². The van der Waals surface area contributed by atoms with Crippen LogP contribution in [-0.2, 0) is 18.3 Å². The molecule has 1 unspecified atom stereocenters. The zero-order valence-corrected chi connectivity index (χ0v) is 10.5. The monoisotopic (exact) mass is 236 g/mol. The van der Waals surface area contributed by atoms with Crippen LogP contribution in [0, 0.1) is 0 Å². The minimum atomic E-state index is 0.0360. The van der Waals surface area contributed by atoms with Crippen molar-refractivity contribution < 1.29 is 4.79 Å². The van der Waals surface area contributed by atoms with Crippen LogP contribution in [0.1, 0.15) is 18.9 Å². The van der Waals surface area contributed by atoms with Crippen LogP contribution in [0.2, 0.25) is 0 Å². The second-order valence-corrected chi connectivity index (χ2v) is 4.50. The van der Waals surface area contributed by atoms with Crippen molar-refractivity contribution in [3.05, 3.63) is 18.0 Å². The van der Waals surface area contributed by atoms with E-state index in [-0.39, 0.29) is 11.9 Å². The Kier molecular flexibility index (Phi) is 3.78. The normalized spacial score (nSPS) is 20.2. The van der Waals surface area contributed by atoms with Crippen molar-refractivity contribution in [1.29, 1.82) is 0 Å². The molecule has 94 valence electrons. The number of aryl methyl sites for hydroxylation is 1. The van der Waals surface area contributed by atoms with Crippen LogP contribution >= 0.6 is 0 Å². The van der Waals surface area contributed by atoms with Crippen molar-refractivity contribution in [2.24, 2.45) is 7.05 Å². The molecule has 1 N–H and O–H groups in total. The predicted molar refractivity (Wildman–Crippen MR) is 65.6 cm³/mol. The van der Waals surface area contributed by atoms with Crippen molar-refractivity contribution in [3.8, 4) is 0 Å². The van der Waals surface area contributed by atoms with E-state index in [0.717, 1.165) is 32.5 Å². The highest BCUT2D eigenvalue weighted by molar-refractivity contribution is 5.83. The molecular weight excluding hydrogens is 216 g/mol. The summed E-state index contributed by atoms with van der Waals surface area (Å²) in [4.78, 5) is 13.9. The molecule has 0 aromatic carbocycles. The SMILES string of the molecule is CCNC1CCN(CCc2cnn(C)c2)C1=O. The number of rotatable bonds is 5. The third-order valence-electron chi connectivity index (χ3n) is 3.18. The van der Waals surface area contributed by atoms with E-state index in [9.17, 15) is 4.79 Å². The highest BCUT2D eigenvalue weighted by Crippen LogP contribution is 2.12. The first-order chi connectivity index (χ1) is 8.20. The molecule has 2 heterocycles. The van der Waals surface area contributed by atoms with Crippen LogP contribution in [0.15, 0.2) is 12.4 Å². The van der Waals surface area contributed by atoms with Crippen LogP contribution in [0.4, 0.5) is 0 Å². The minimum absolute atomic E-state index is 0.0360. The van der Waals surface area contributed by atoms with Crippen molar-refractivity contribution in [2.75, 3.05) is 19.6 Å². The number of hydrogen-bond donors (Lipinski definition) is 1. The van der Waals surface area contributed by atoms with E-state index in [2.05, 4.69) is 10.4 Å². The fraction of sp³-hybridized carbons (Fsp3) is 0.667. The summed E-state index contributed by atoms with van der Waals surface area (Å²) < 4.78 is 1.79. The summed E-state index contributed by atoms with van der Waals surface area (Å²) in [6, 6.07) is 0.0360. The molecule has 1 aliphatic heterocycles. The van der Waals surface area contributed by atoms with Gasteiger partial charge in [0, 0.05) is 26.3 Å². The molecule has 1 aromatic rings. The van der Waals surface area contributed by atoms with E-state index in [4.69, 9.17) is 0 Å². The Hall–Kier alpha value is -1.36. The first kappa shape index (κ1) is 12.1. The second-order valence-electron chi connectivity index (χ2n) is 4.50. The number of carbonyl (C=O) groups excluding carboxylic acids is 1. The van der Waals surface area contributed by atoms with E-state index in [1.54, 1.807) is 4.68 Å². The van der Waals surface area contributed by atoms with Gasteiger partial charge in [0.15, 0.2) is 0 Å². The Bertz CT molecular complexity index is 388. The van der Waals surface area contributed by atoms with Crippen molar-refractivity contribution in [2.45, 2.75) is 25.8 Å². The van der Waals surface area contributed by atoms with E-state index in [1.165, 1.54) is 5.56 Å². The lowest BCUT2D eigenvalue weighted by molar-refractivity contribution is -0.129. The van der Waals surface area contributed by atoms with Crippen LogP contribution < -0.4 is 5.32 Å². The fourth-order valence-electron chi connectivity index (χ4n) is 2.26. The Labute approximate surface area is 102 Å². The van der Waals surface area contributed by atoms with Gasteiger partial charge in [0.05, 0.1) is 12.2 Å². The van der Waals surface area contributed by atoms with Gasteiger partial charge in [0.25, 0.3) is 0 Å². The number of likely N-dealkylation sites (tertiary alicyclic amines) is 1. The second kappa shape index (κ2) is 5.31. The molecule has 0 bridgehead atoms. The average molecular weight is 236 g/mol. The Morgan fingerprint density at radius 2 is 2.41 bits per heavy atom. The average Bonchev–Trinajstić information content (AvgIpc) is 2.86. The molecule has 1 aromatic heterocycles. The summed E-state index contributed by atoms with van der Waals surface area (Å²) in [5.74, 6) is 0.246. The van der Waals surface area contributed by atoms with Gasteiger partial charge in [0.2, 0.25) is 5.91 Å². The highest BCUT2D eigenvalue weighted by atomic mass is 16.2. The molecule has 0 spiro atoms. The summed E-state index contributed by atoms with van der Waals surface area (Å²) in [6.45, 7) is 4.56. The molecule has 5 nitrogen and oxygen atoms in total. The molecule has 0 saturated carbocycles. The molecule has 2 rings (SSSR count). The van der Waals surface area contributed by atoms with Gasteiger partial charge in [-0.3, -0.25) is 9.48 Å². The molecule has 1 saturated heterocycles. The molecule has 0 radical (unpaired) electrons. The maximum absolute atomic E-state index is 12.0. The quantitative estimate of drug-likeness (QED) is 0.793. The number of carbonyl (C=O) groups is 1. The molecule has 17 heavy (non-hydrogen) atoms. The smallest absolute Gasteiger partial charge is 0.239 e. The van der Waals surface area contributed by atoms with E-state index in [1.807, 2.05) is 31.3 Å². The lowest BCUT2D eigenvalue weighted by Gasteiger charge is -2.16. The number of nitrogens with zero attached hydrogens (tertiary/aromatic N) is 3. The fourth-order valence-corrected chi connectivity index (χ4v) is 2.26. The van der Waals surface area contributed by atoms with Gasteiger partial charge in [-0.05, 0) is 24.9 Å². The summed E-state index contributed by atoms with van der Waals surface area (Å²) >= 11 is 0. The summed E-state index contributed by atoms with van der Waals surface area (Å²) in [5, 5.41) is 7.34. The molecule has 0 aliphatic carbocycles. The van der Waals surface area contributed by atoms with Crippen LogP contribution in [-0.4, -0.2) is 46.3 Å². The molecular formula is C12H20N4O. The van der Waals surface area contributed by atoms with Crippen molar-refractivity contribution in [1.82, 2.24) is 20.0 Å². The minimum Gasteiger partial charge on any atom is -0.341 e. The maximum Gasteiger partial charge on any atom is 0.239 e. The van der Waals surface area contributed by atoms with Gasteiger partial charge < -0.3 is 10.2 Å². The summed E-state index contributed by atoms with van der Waals surface area (Å²) in [7, 11) is 1.91. The largest absolute Gasteiger partial charge is 0.341 e. The number of aromatic nitrogens is 2. The van der Waals surface area contributed by atoms with Crippen LogP contribution in [0.25, 0.3) is 0 Å². The molecule has 1 aliphatic rings. The number of nitrogens with one attached hydrogen (secondary N) is 1. The van der Waals surface area contributed by atoms with Gasteiger partial charge >= 0.3 is 0 Å². The van der Waals surface area contributed by atoms with Gasteiger partial charge in [0.1, 0.15) is 0 Å². The standard InChI is InChI=1S/C12H20N4O/c1-3-13-11-5-7-16(12(11)17)6-4-10-8-14-15(2)9-10/h8-9,11,13H,3-7H2,1-2H3. The molecule has 1 fully saturated rings. The highest BCUT2D eigenvalue weighted by Gasteiger charge is 2.30. The van der Waals surface area contributed by atoms with Crippen molar-refractivity contribution in [3.63, 3.8) is 0 Å². The van der Waals surface area contributed by atoms with Crippen molar-refractivity contribution >= 4 is 5.91 Å². The van der Waals surface area contributed by atoms with Gasteiger partial charge in [-0.1, -0.05) is 6.92 Å². The first-order valence-electron chi connectivity index (χ1n) is 6.20. The zero-order chi connectivity index (χ0) is 12.3. The number of amides is 1. The molecule has 5 heteroatoms. The van der Waals surface area contributed by atoms with Gasteiger partial charge in [-0.2, -0.15) is 5.10 Å². The Morgan fingerprint density at radius 3 is 3.06 bits per heavy atom. The molecule has 1 amide bonds. The van der Waals surface area contributed by atoms with E-state index >= 15 is 0 Å². The molecule has 1 atom stereocenters. The van der Waals surface area contributed by atoms with Gasteiger partial charge in [-0.15, -0.1) is 0 Å². The third kappa shape index (κ3) is 2.85. The Balaban J connectivity index is 1.82. The van der Waals surface area contributed by atoms with Crippen LogP contribution in [0.3, 0.4) is 0 Å². The first-order valence-corrected chi connectivity index (χ1v) is 6.20. The maximum atomic E-state index is 12.0. The summed E-state index contributed by atoms with van der Waals surface area (Å²) in [5.41, 5.74) is 1.19. The topological polar surface area (TPSA) is 50.2 Å². The third-order valence-corrected chi connectivity index (χ3v) is 3.18.